The van der Waals surface area contributed by atoms with Crippen LogP contribution in [0.5, 0.6) is 0 Å². The predicted octanol–water partition coefficient (Wildman–Crippen LogP) is 6.18. The van der Waals surface area contributed by atoms with Crippen molar-refractivity contribution in [2.24, 2.45) is 0 Å². The summed E-state index contributed by atoms with van der Waals surface area (Å²) >= 11 is 6.43. The van der Waals surface area contributed by atoms with Gasteiger partial charge in [0, 0.05) is 6.04 Å². The second-order valence-electron chi connectivity index (χ2n) is 5.98. The Balaban J connectivity index is 2.57. The van der Waals surface area contributed by atoms with Gasteiger partial charge in [0.2, 0.25) is 0 Å². The first-order valence-electron chi connectivity index (χ1n) is 8.21. The number of nitrogens with zero attached hydrogens (tertiary/aromatic N) is 2. The van der Waals surface area contributed by atoms with Gasteiger partial charge >= 0.3 is 0 Å². The molecule has 0 spiro atoms. The smallest absolute Gasteiger partial charge is 0.127 e. The number of halogens is 1. The number of hydrogen-bond acceptors (Lipinski definition) is 1. The standard InChI is InChI=1S/C18H27ClN2/c1-5-7-11-15(9-6-2)21-16-12-8-10-13(3)17(16)20-18(21)14(4)19/h8,10,12,14-15H,5-7,9,11H2,1-4H3. The Bertz CT molecular complexity index is 586. The van der Waals surface area contributed by atoms with Crippen molar-refractivity contribution in [3.8, 4) is 0 Å². The molecule has 0 aliphatic rings. The zero-order valence-corrected chi connectivity index (χ0v) is 14.5. The Hall–Kier alpha value is -1.02. The summed E-state index contributed by atoms with van der Waals surface area (Å²) in [7, 11) is 0. The summed E-state index contributed by atoms with van der Waals surface area (Å²) in [5.74, 6) is 1.02. The Morgan fingerprint density at radius 1 is 1.19 bits per heavy atom. The maximum Gasteiger partial charge on any atom is 0.127 e. The Labute approximate surface area is 133 Å². The van der Waals surface area contributed by atoms with E-state index in [4.69, 9.17) is 16.6 Å². The lowest BCUT2D eigenvalue weighted by molar-refractivity contribution is 0.414. The Kier molecular flexibility index (Phi) is 5.69. The highest BCUT2D eigenvalue weighted by Gasteiger charge is 2.21. The van der Waals surface area contributed by atoms with E-state index >= 15 is 0 Å². The highest BCUT2D eigenvalue weighted by atomic mass is 35.5. The minimum absolute atomic E-state index is 0.0576. The molecule has 2 rings (SSSR count). The first-order chi connectivity index (χ1) is 10.1. The van der Waals surface area contributed by atoms with E-state index in [1.54, 1.807) is 0 Å². The molecule has 0 aliphatic carbocycles. The van der Waals surface area contributed by atoms with E-state index in [1.807, 2.05) is 6.92 Å². The number of unbranched alkanes of at least 4 members (excludes halogenated alkanes) is 1. The van der Waals surface area contributed by atoms with Crippen LogP contribution in [0.3, 0.4) is 0 Å². The number of aromatic nitrogens is 2. The molecule has 0 aliphatic heterocycles. The van der Waals surface area contributed by atoms with Gasteiger partial charge < -0.3 is 4.57 Å². The van der Waals surface area contributed by atoms with Crippen molar-refractivity contribution in [2.75, 3.05) is 0 Å². The molecule has 2 nitrogen and oxygen atoms in total. The fraction of sp³-hybridized carbons (Fsp3) is 0.611. The summed E-state index contributed by atoms with van der Waals surface area (Å²) < 4.78 is 2.42. The quantitative estimate of drug-likeness (QED) is 0.559. The number of rotatable bonds is 7. The van der Waals surface area contributed by atoms with Crippen LogP contribution in [0.15, 0.2) is 18.2 Å². The van der Waals surface area contributed by atoms with E-state index in [9.17, 15) is 0 Å². The minimum Gasteiger partial charge on any atom is -0.324 e. The van der Waals surface area contributed by atoms with Crippen LogP contribution in [-0.2, 0) is 0 Å². The molecule has 1 aromatic heterocycles. The van der Waals surface area contributed by atoms with Gasteiger partial charge in [0.25, 0.3) is 0 Å². The van der Waals surface area contributed by atoms with E-state index in [0.717, 1.165) is 11.3 Å². The average molecular weight is 307 g/mol. The monoisotopic (exact) mass is 306 g/mol. The van der Waals surface area contributed by atoms with Crippen LogP contribution in [0.4, 0.5) is 0 Å². The van der Waals surface area contributed by atoms with Crippen molar-refractivity contribution in [2.45, 2.75) is 71.2 Å². The van der Waals surface area contributed by atoms with Crippen LogP contribution in [0.25, 0.3) is 11.0 Å². The molecule has 2 atom stereocenters. The number of alkyl halides is 1. The van der Waals surface area contributed by atoms with Gasteiger partial charge in [-0.3, -0.25) is 0 Å². The SMILES string of the molecule is CCCCC(CCC)n1c(C(C)Cl)nc2c(C)cccc21. The average Bonchev–Trinajstić information content (AvgIpc) is 2.84. The lowest BCUT2D eigenvalue weighted by atomic mass is 10.0. The molecule has 1 aromatic carbocycles. The third-order valence-electron chi connectivity index (χ3n) is 4.18. The van der Waals surface area contributed by atoms with Crippen molar-refractivity contribution in [3.63, 3.8) is 0 Å². The van der Waals surface area contributed by atoms with Gasteiger partial charge in [0.05, 0.1) is 16.4 Å². The lowest BCUT2D eigenvalue weighted by Crippen LogP contribution is -2.13. The van der Waals surface area contributed by atoms with E-state index in [0.29, 0.717) is 6.04 Å². The molecule has 2 unspecified atom stereocenters. The van der Waals surface area contributed by atoms with Gasteiger partial charge in [-0.05, 0) is 38.3 Å². The maximum atomic E-state index is 6.43. The summed E-state index contributed by atoms with van der Waals surface area (Å²) in [6, 6.07) is 6.95. The number of para-hydroxylation sites is 1. The summed E-state index contributed by atoms with van der Waals surface area (Å²) in [6.07, 6.45) is 6.08. The summed E-state index contributed by atoms with van der Waals surface area (Å²) in [5.41, 5.74) is 3.58. The van der Waals surface area contributed by atoms with E-state index in [-0.39, 0.29) is 5.38 Å². The van der Waals surface area contributed by atoms with Crippen LogP contribution in [0.2, 0.25) is 0 Å². The molecule has 0 fully saturated rings. The second kappa shape index (κ2) is 7.31. The fourth-order valence-electron chi connectivity index (χ4n) is 3.12. The Morgan fingerprint density at radius 2 is 1.95 bits per heavy atom. The maximum absolute atomic E-state index is 6.43. The third kappa shape index (κ3) is 3.42. The molecule has 0 bridgehead atoms. The van der Waals surface area contributed by atoms with Crippen molar-refractivity contribution < 1.29 is 0 Å². The molecule has 21 heavy (non-hydrogen) atoms. The molecule has 116 valence electrons. The summed E-state index contributed by atoms with van der Waals surface area (Å²) in [6.45, 7) is 8.66. The predicted molar refractivity (Wildman–Crippen MR) is 92.2 cm³/mol. The van der Waals surface area contributed by atoms with E-state index in [1.165, 1.54) is 43.2 Å². The lowest BCUT2D eigenvalue weighted by Gasteiger charge is -2.22. The number of hydrogen-bond donors (Lipinski definition) is 0. The number of imidazole rings is 1. The van der Waals surface area contributed by atoms with Gasteiger partial charge in [0.1, 0.15) is 5.82 Å². The topological polar surface area (TPSA) is 17.8 Å². The third-order valence-corrected chi connectivity index (χ3v) is 4.38. The van der Waals surface area contributed by atoms with Gasteiger partial charge in [-0.2, -0.15) is 0 Å². The molecule has 0 N–H and O–H groups in total. The fourth-order valence-corrected chi connectivity index (χ4v) is 3.27. The highest BCUT2D eigenvalue weighted by Crippen LogP contribution is 2.33. The van der Waals surface area contributed by atoms with Crippen LogP contribution in [0.1, 0.15) is 75.7 Å². The van der Waals surface area contributed by atoms with Crippen LogP contribution in [-0.4, -0.2) is 9.55 Å². The molecule has 3 heteroatoms. The molecule has 0 amide bonds. The van der Waals surface area contributed by atoms with Gasteiger partial charge in [-0.25, -0.2) is 4.98 Å². The zero-order chi connectivity index (χ0) is 15.4. The van der Waals surface area contributed by atoms with Gasteiger partial charge in [-0.1, -0.05) is 45.2 Å². The molecular weight excluding hydrogens is 280 g/mol. The number of benzene rings is 1. The summed E-state index contributed by atoms with van der Waals surface area (Å²) in [5, 5.41) is -0.0576. The zero-order valence-electron chi connectivity index (χ0n) is 13.7. The second-order valence-corrected chi connectivity index (χ2v) is 6.64. The van der Waals surface area contributed by atoms with Crippen molar-refractivity contribution in [1.29, 1.82) is 0 Å². The van der Waals surface area contributed by atoms with Crippen molar-refractivity contribution in [1.82, 2.24) is 9.55 Å². The first kappa shape index (κ1) is 16.4. The molecule has 2 aromatic rings. The van der Waals surface area contributed by atoms with Crippen LogP contribution < -0.4 is 0 Å². The molecular formula is C18H27ClN2. The van der Waals surface area contributed by atoms with E-state index < -0.39 is 0 Å². The van der Waals surface area contributed by atoms with E-state index in [2.05, 4.69) is 43.5 Å². The van der Waals surface area contributed by atoms with Crippen LogP contribution >= 0.6 is 11.6 Å². The molecule has 1 heterocycles. The molecule has 0 saturated heterocycles. The summed E-state index contributed by atoms with van der Waals surface area (Å²) in [4.78, 5) is 4.85. The van der Waals surface area contributed by atoms with Gasteiger partial charge in [-0.15, -0.1) is 11.6 Å². The normalized spacial score (nSPS) is 14.5. The Morgan fingerprint density at radius 3 is 2.57 bits per heavy atom. The van der Waals surface area contributed by atoms with Crippen molar-refractivity contribution >= 4 is 22.6 Å². The van der Waals surface area contributed by atoms with Crippen molar-refractivity contribution in [3.05, 3.63) is 29.6 Å². The largest absolute Gasteiger partial charge is 0.324 e. The molecule has 0 saturated carbocycles. The molecule has 0 radical (unpaired) electrons. The minimum atomic E-state index is -0.0576. The number of aryl methyl sites for hydroxylation is 1. The number of fused-ring (bicyclic) bond motifs is 1. The highest BCUT2D eigenvalue weighted by molar-refractivity contribution is 6.20. The van der Waals surface area contributed by atoms with Crippen LogP contribution in [0, 0.1) is 6.92 Å². The van der Waals surface area contributed by atoms with Gasteiger partial charge in [0.15, 0.2) is 0 Å². The first-order valence-corrected chi connectivity index (χ1v) is 8.65.